The molecule has 0 spiro atoms. The van der Waals surface area contributed by atoms with Crippen molar-refractivity contribution in [3.63, 3.8) is 0 Å². The van der Waals surface area contributed by atoms with Gasteiger partial charge in [-0.15, -0.1) is 0 Å². The molecule has 1 aliphatic rings. The normalized spacial score (nSPS) is 15.8. The Morgan fingerprint density at radius 3 is 2.75 bits per heavy atom. The molecule has 3 nitrogen and oxygen atoms in total. The Morgan fingerprint density at radius 1 is 1.50 bits per heavy atom. The first-order chi connectivity index (χ1) is 7.63. The summed E-state index contributed by atoms with van der Waals surface area (Å²) in [6.45, 7) is 3.47. The third-order valence-corrected chi connectivity index (χ3v) is 2.76. The zero-order valence-electron chi connectivity index (χ0n) is 9.37. The maximum absolute atomic E-state index is 13.8. The topological polar surface area (TPSA) is 29.5 Å². The zero-order valence-corrected chi connectivity index (χ0v) is 9.37. The predicted octanol–water partition coefficient (Wildman–Crippen LogP) is 1.93. The van der Waals surface area contributed by atoms with Crippen LogP contribution in [0.15, 0.2) is 18.2 Å². The van der Waals surface area contributed by atoms with Crippen LogP contribution in [0.1, 0.15) is 17.3 Å². The molecule has 86 valence electrons. The number of amides is 1. The number of halogens is 1. The minimum absolute atomic E-state index is 0.0891. The van der Waals surface area contributed by atoms with E-state index in [9.17, 15) is 9.18 Å². The molecule has 0 radical (unpaired) electrons. The minimum Gasteiger partial charge on any atom is -0.494 e. The first kappa shape index (κ1) is 10.9. The van der Waals surface area contributed by atoms with E-state index in [1.165, 1.54) is 19.2 Å². The van der Waals surface area contributed by atoms with E-state index in [0.29, 0.717) is 19.0 Å². The standard InChI is InChI=1S/C12H14FNO2/c1-8-6-14(7-8)12(15)9-4-3-5-10(16-2)11(9)13/h3-5,8H,6-7H2,1-2H3. The lowest BCUT2D eigenvalue weighted by molar-refractivity contribution is 0.0525. The van der Waals surface area contributed by atoms with Gasteiger partial charge in [0.15, 0.2) is 11.6 Å². The Bertz CT molecular complexity index is 413. The second-order valence-electron chi connectivity index (χ2n) is 4.14. The maximum atomic E-state index is 13.8. The molecule has 1 heterocycles. The molecule has 1 aromatic carbocycles. The van der Waals surface area contributed by atoms with Crippen molar-refractivity contribution in [1.82, 2.24) is 4.90 Å². The van der Waals surface area contributed by atoms with E-state index in [-0.39, 0.29) is 17.2 Å². The van der Waals surface area contributed by atoms with E-state index in [2.05, 4.69) is 6.92 Å². The monoisotopic (exact) mass is 223 g/mol. The van der Waals surface area contributed by atoms with Gasteiger partial charge in [-0.2, -0.15) is 0 Å². The summed E-state index contributed by atoms with van der Waals surface area (Å²) >= 11 is 0. The van der Waals surface area contributed by atoms with Gasteiger partial charge in [0.1, 0.15) is 0 Å². The molecule has 4 heteroatoms. The highest BCUT2D eigenvalue weighted by molar-refractivity contribution is 5.95. The number of ether oxygens (including phenoxy) is 1. The minimum atomic E-state index is -0.574. The van der Waals surface area contributed by atoms with Crippen LogP contribution in [-0.2, 0) is 0 Å². The van der Waals surface area contributed by atoms with Crippen LogP contribution in [0.4, 0.5) is 4.39 Å². The summed E-state index contributed by atoms with van der Waals surface area (Å²) in [7, 11) is 1.39. The van der Waals surface area contributed by atoms with Gasteiger partial charge in [-0.1, -0.05) is 13.0 Å². The van der Waals surface area contributed by atoms with Crippen LogP contribution in [-0.4, -0.2) is 31.0 Å². The number of methoxy groups -OCH3 is 1. The van der Waals surface area contributed by atoms with Crippen molar-refractivity contribution in [3.8, 4) is 5.75 Å². The number of rotatable bonds is 2. The SMILES string of the molecule is COc1cccc(C(=O)N2CC(C)C2)c1F. The largest absolute Gasteiger partial charge is 0.494 e. The molecule has 1 aliphatic heterocycles. The quantitative estimate of drug-likeness (QED) is 0.766. The van der Waals surface area contributed by atoms with Gasteiger partial charge < -0.3 is 9.64 Å². The second kappa shape index (κ2) is 4.12. The van der Waals surface area contributed by atoms with E-state index in [4.69, 9.17) is 4.74 Å². The fraction of sp³-hybridized carbons (Fsp3) is 0.417. The van der Waals surface area contributed by atoms with Gasteiger partial charge in [-0.3, -0.25) is 4.79 Å². The van der Waals surface area contributed by atoms with Crippen LogP contribution in [0, 0.1) is 11.7 Å². The summed E-state index contributed by atoms with van der Waals surface area (Å²) in [4.78, 5) is 13.5. The van der Waals surface area contributed by atoms with Crippen molar-refractivity contribution in [2.75, 3.05) is 20.2 Å². The van der Waals surface area contributed by atoms with Gasteiger partial charge in [0.05, 0.1) is 12.7 Å². The van der Waals surface area contributed by atoms with Crippen molar-refractivity contribution in [3.05, 3.63) is 29.6 Å². The lowest BCUT2D eigenvalue weighted by atomic mass is 10.0. The van der Waals surface area contributed by atoms with E-state index < -0.39 is 5.82 Å². The molecular formula is C12H14FNO2. The van der Waals surface area contributed by atoms with Gasteiger partial charge in [0, 0.05) is 13.1 Å². The molecule has 1 saturated heterocycles. The molecule has 0 aromatic heterocycles. The summed E-state index contributed by atoms with van der Waals surface area (Å²) in [5, 5.41) is 0. The molecule has 1 amide bonds. The molecule has 2 rings (SSSR count). The summed E-state index contributed by atoms with van der Waals surface area (Å²) in [5.74, 6) is -0.207. The number of benzene rings is 1. The van der Waals surface area contributed by atoms with Gasteiger partial charge >= 0.3 is 0 Å². The summed E-state index contributed by atoms with van der Waals surface area (Å²) in [5.41, 5.74) is 0.0891. The summed E-state index contributed by atoms with van der Waals surface area (Å²) < 4.78 is 18.6. The maximum Gasteiger partial charge on any atom is 0.256 e. The highest BCUT2D eigenvalue weighted by Gasteiger charge is 2.29. The van der Waals surface area contributed by atoms with Gasteiger partial charge in [0.2, 0.25) is 0 Å². The Hall–Kier alpha value is -1.58. The zero-order chi connectivity index (χ0) is 11.7. The van der Waals surface area contributed by atoms with Crippen molar-refractivity contribution < 1.29 is 13.9 Å². The number of hydrogen-bond donors (Lipinski definition) is 0. The van der Waals surface area contributed by atoms with E-state index in [0.717, 1.165) is 0 Å². The van der Waals surface area contributed by atoms with Crippen molar-refractivity contribution in [2.45, 2.75) is 6.92 Å². The summed E-state index contributed by atoms with van der Waals surface area (Å²) in [6, 6.07) is 4.62. The van der Waals surface area contributed by atoms with Crippen LogP contribution in [0.3, 0.4) is 0 Å². The molecule has 0 atom stereocenters. The number of carbonyl (C=O) groups is 1. The lowest BCUT2D eigenvalue weighted by Crippen LogP contribution is -2.48. The van der Waals surface area contributed by atoms with Crippen LogP contribution in [0.5, 0.6) is 5.75 Å². The molecule has 1 aromatic rings. The average molecular weight is 223 g/mol. The fourth-order valence-corrected chi connectivity index (χ4v) is 1.87. The van der Waals surface area contributed by atoms with E-state index in [1.54, 1.807) is 11.0 Å². The lowest BCUT2D eigenvalue weighted by Gasteiger charge is -2.37. The molecule has 1 fully saturated rings. The Kier molecular flexibility index (Phi) is 2.81. The Labute approximate surface area is 93.8 Å². The van der Waals surface area contributed by atoms with Crippen LogP contribution >= 0.6 is 0 Å². The van der Waals surface area contributed by atoms with Crippen molar-refractivity contribution in [2.24, 2.45) is 5.92 Å². The predicted molar refractivity (Wildman–Crippen MR) is 58.0 cm³/mol. The van der Waals surface area contributed by atoms with Crippen molar-refractivity contribution in [1.29, 1.82) is 0 Å². The Morgan fingerprint density at radius 2 is 2.19 bits per heavy atom. The average Bonchev–Trinajstić information content (AvgIpc) is 2.24. The second-order valence-corrected chi connectivity index (χ2v) is 4.14. The highest BCUT2D eigenvalue weighted by atomic mass is 19.1. The third kappa shape index (κ3) is 1.75. The molecular weight excluding hydrogens is 209 g/mol. The van der Waals surface area contributed by atoms with Gasteiger partial charge in [0.25, 0.3) is 5.91 Å². The number of hydrogen-bond acceptors (Lipinski definition) is 2. The fourth-order valence-electron chi connectivity index (χ4n) is 1.87. The first-order valence-electron chi connectivity index (χ1n) is 5.25. The molecule has 0 bridgehead atoms. The van der Waals surface area contributed by atoms with Crippen molar-refractivity contribution >= 4 is 5.91 Å². The van der Waals surface area contributed by atoms with Crippen LogP contribution in [0.25, 0.3) is 0 Å². The van der Waals surface area contributed by atoms with E-state index in [1.807, 2.05) is 0 Å². The van der Waals surface area contributed by atoms with Crippen LogP contribution < -0.4 is 4.74 Å². The molecule has 0 aliphatic carbocycles. The van der Waals surface area contributed by atoms with Gasteiger partial charge in [-0.25, -0.2) is 4.39 Å². The first-order valence-corrected chi connectivity index (χ1v) is 5.25. The number of carbonyl (C=O) groups excluding carboxylic acids is 1. The molecule has 16 heavy (non-hydrogen) atoms. The molecule has 0 unspecified atom stereocenters. The Balaban J connectivity index is 2.23. The van der Waals surface area contributed by atoms with E-state index >= 15 is 0 Å². The third-order valence-electron chi connectivity index (χ3n) is 2.76. The molecule has 0 N–H and O–H groups in total. The summed E-state index contributed by atoms with van der Waals surface area (Å²) in [6.07, 6.45) is 0. The number of nitrogens with zero attached hydrogens (tertiary/aromatic N) is 1. The number of likely N-dealkylation sites (tertiary alicyclic amines) is 1. The van der Waals surface area contributed by atoms with Crippen LogP contribution in [0.2, 0.25) is 0 Å². The van der Waals surface area contributed by atoms with Gasteiger partial charge in [-0.05, 0) is 18.1 Å². The smallest absolute Gasteiger partial charge is 0.256 e. The highest BCUT2D eigenvalue weighted by Crippen LogP contribution is 2.24. The molecule has 0 saturated carbocycles.